The number of pyridine rings is 2. The second-order valence-corrected chi connectivity index (χ2v) is 11.7. The van der Waals surface area contributed by atoms with Gasteiger partial charge in [-0.15, -0.1) is 0 Å². The van der Waals surface area contributed by atoms with E-state index in [4.69, 9.17) is 8.92 Å². The van der Waals surface area contributed by atoms with Gasteiger partial charge in [0.25, 0.3) is 5.88 Å². The number of rotatable bonds is 6. The normalized spacial score (nSPS) is 23.8. The molecule has 1 saturated heterocycles. The first-order chi connectivity index (χ1) is 18.4. The van der Waals surface area contributed by atoms with Crippen molar-refractivity contribution in [3.05, 3.63) is 35.5 Å². The van der Waals surface area contributed by atoms with E-state index in [1.54, 1.807) is 17.0 Å². The Morgan fingerprint density at radius 1 is 1.18 bits per heavy atom. The van der Waals surface area contributed by atoms with Gasteiger partial charge >= 0.3 is 15.6 Å². The standard InChI is InChI=1S/C25H30F3N5O5S/c1-14-5-4-6-19(29-14)30-21-15(2)22(17-7-8-17)33(16(3)34)23-18(21)13-20(32-9-11-37-12-10-32)31-24(23)38-39(35,36)25(26,27)28/h4-6,13,15,17,21-22H,7-12H2,1-3H3,(H,29,30)/t15-,21?,22-/m1/s1. The van der Waals surface area contributed by atoms with Gasteiger partial charge < -0.3 is 24.0 Å². The van der Waals surface area contributed by atoms with E-state index in [0.29, 0.717) is 37.7 Å². The number of alkyl halides is 3. The summed E-state index contributed by atoms with van der Waals surface area (Å²) < 4.78 is 75.0. The maximum absolute atomic E-state index is 13.5. The van der Waals surface area contributed by atoms with Crippen LogP contribution in [0.3, 0.4) is 0 Å². The molecule has 3 aliphatic rings. The van der Waals surface area contributed by atoms with Crippen LogP contribution in [0.5, 0.6) is 5.88 Å². The van der Waals surface area contributed by atoms with Crippen LogP contribution in [0.1, 0.15) is 44.0 Å². The number of aromatic nitrogens is 2. The van der Waals surface area contributed by atoms with Gasteiger partial charge in [-0.1, -0.05) is 13.0 Å². The number of amides is 1. The number of morpholine rings is 1. The minimum atomic E-state index is -6.07. The maximum Gasteiger partial charge on any atom is 0.534 e. The van der Waals surface area contributed by atoms with Gasteiger partial charge in [0.15, 0.2) is 0 Å². The zero-order valence-corrected chi connectivity index (χ0v) is 22.6. The van der Waals surface area contributed by atoms with Gasteiger partial charge in [-0.3, -0.25) is 4.79 Å². The van der Waals surface area contributed by atoms with E-state index in [0.717, 1.165) is 18.5 Å². The number of carbonyl (C=O) groups excluding carboxylic acids is 1. The summed E-state index contributed by atoms with van der Waals surface area (Å²) in [5, 5.41) is 3.40. The summed E-state index contributed by atoms with van der Waals surface area (Å²) in [6.07, 6.45) is 1.67. The maximum atomic E-state index is 13.5. The van der Waals surface area contributed by atoms with Gasteiger partial charge in [0, 0.05) is 43.2 Å². The van der Waals surface area contributed by atoms with Crippen molar-refractivity contribution in [1.29, 1.82) is 0 Å². The third kappa shape index (κ3) is 5.36. The van der Waals surface area contributed by atoms with Crippen molar-refractivity contribution in [2.45, 2.75) is 51.2 Å². The molecule has 14 heteroatoms. The number of nitrogens with one attached hydrogen (secondary N) is 1. The molecule has 1 unspecified atom stereocenters. The molecule has 2 fully saturated rings. The number of halogens is 3. The van der Waals surface area contributed by atoms with Crippen molar-refractivity contribution in [3.8, 4) is 5.88 Å². The van der Waals surface area contributed by atoms with Gasteiger partial charge in [0.2, 0.25) is 5.91 Å². The highest BCUT2D eigenvalue weighted by Gasteiger charge is 2.52. The number of carbonyl (C=O) groups is 1. The molecule has 2 aromatic heterocycles. The van der Waals surface area contributed by atoms with Crippen LogP contribution in [-0.4, -0.2) is 62.1 Å². The van der Waals surface area contributed by atoms with Crippen LogP contribution in [-0.2, 0) is 19.6 Å². The van der Waals surface area contributed by atoms with Crippen LogP contribution in [0.2, 0.25) is 0 Å². The molecule has 0 spiro atoms. The highest BCUT2D eigenvalue weighted by molar-refractivity contribution is 7.88. The minimum absolute atomic E-state index is 0.0764. The third-order valence-electron chi connectivity index (χ3n) is 7.36. The quantitative estimate of drug-likeness (QED) is 0.410. The molecule has 5 rings (SSSR count). The summed E-state index contributed by atoms with van der Waals surface area (Å²) in [7, 11) is -6.07. The van der Waals surface area contributed by atoms with E-state index < -0.39 is 39.5 Å². The van der Waals surface area contributed by atoms with Gasteiger partial charge in [-0.05, 0) is 43.9 Å². The van der Waals surface area contributed by atoms with E-state index >= 15 is 0 Å². The van der Waals surface area contributed by atoms with Gasteiger partial charge in [0.1, 0.15) is 17.3 Å². The summed E-state index contributed by atoms with van der Waals surface area (Å²) in [5.41, 5.74) is -4.59. The molecule has 2 aliphatic heterocycles. The molecule has 4 heterocycles. The van der Waals surface area contributed by atoms with E-state index in [1.165, 1.54) is 11.8 Å². The molecule has 0 radical (unpaired) electrons. The second kappa shape index (κ2) is 10.1. The predicted molar refractivity (Wildman–Crippen MR) is 137 cm³/mol. The number of fused-ring (bicyclic) bond motifs is 1. The summed E-state index contributed by atoms with van der Waals surface area (Å²) in [6.45, 7) is 6.63. The second-order valence-electron chi connectivity index (χ2n) is 10.2. The molecule has 39 heavy (non-hydrogen) atoms. The van der Waals surface area contributed by atoms with E-state index in [1.807, 2.05) is 26.0 Å². The lowest BCUT2D eigenvalue weighted by Gasteiger charge is -2.46. The first-order valence-corrected chi connectivity index (χ1v) is 14.2. The Bertz CT molecular complexity index is 1360. The first-order valence-electron chi connectivity index (χ1n) is 12.8. The highest BCUT2D eigenvalue weighted by atomic mass is 32.2. The molecule has 1 aliphatic carbocycles. The molecular formula is C25H30F3N5O5S. The van der Waals surface area contributed by atoms with Crippen molar-refractivity contribution in [2.24, 2.45) is 11.8 Å². The number of anilines is 3. The Labute approximate surface area is 224 Å². The fraction of sp³-hybridized carbons (Fsp3) is 0.560. The molecule has 3 atom stereocenters. The number of ether oxygens (including phenoxy) is 1. The SMILES string of the molecule is CC(=O)N1c2c(cc(N3CCOCC3)nc2OS(=O)(=O)C(F)(F)F)C(Nc2cccc(C)n2)[C@@H](C)[C@@H]1C1CC1. The van der Waals surface area contributed by atoms with Gasteiger partial charge in [0.05, 0.1) is 19.3 Å². The third-order valence-corrected chi connectivity index (χ3v) is 8.30. The van der Waals surface area contributed by atoms with E-state index in [2.05, 4.69) is 15.3 Å². The Hall–Kier alpha value is -3.13. The van der Waals surface area contributed by atoms with Crippen LogP contribution in [0, 0.1) is 18.8 Å². The van der Waals surface area contributed by atoms with Crippen molar-refractivity contribution < 1.29 is 35.3 Å². The van der Waals surface area contributed by atoms with Crippen molar-refractivity contribution in [3.63, 3.8) is 0 Å². The number of hydrogen-bond donors (Lipinski definition) is 1. The highest BCUT2D eigenvalue weighted by Crippen LogP contribution is 2.53. The Morgan fingerprint density at radius 2 is 1.87 bits per heavy atom. The minimum Gasteiger partial charge on any atom is -0.378 e. The molecule has 0 aromatic carbocycles. The lowest BCUT2D eigenvalue weighted by molar-refractivity contribution is -0.117. The van der Waals surface area contributed by atoms with Crippen LogP contribution in [0.15, 0.2) is 24.3 Å². The van der Waals surface area contributed by atoms with Crippen LogP contribution in [0.4, 0.5) is 30.5 Å². The smallest absolute Gasteiger partial charge is 0.378 e. The summed E-state index contributed by atoms with van der Waals surface area (Å²) in [6, 6.07) is 6.19. The molecule has 0 bridgehead atoms. The van der Waals surface area contributed by atoms with Crippen molar-refractivity contribution in [1.82, 2.24) is 9.97 Å². The first kappa shape index (κ1) is 27.4. The average molecular weight is 570 g/mol. The number of aryl methyl sites for hydroxylation is 1. The summed E-state index contributed by atoms with van der Waals surface area (Å²) in [5.74, 6) is -0.556. The molecule has 10 nitrogen and oxygen atoms in total. The Kier molecular flexibility index (Phi) is 7.12. The number of hydrogen-bond acceptors (Lipinski definition) is 9. The number of nitrogens with zero attached hydrogens (tertiary/aromatic N) is 4. The lowest BCUT2D eigenvalue weighted by atomic mass is 9.80. The van der Waals surface area contributed by atoms with Gasteiger partial charge in [-0.2, -0.15) is 26.6 Å². The molecular weight excluding hydrogens is 539 g/mol. The van der Waals surface area contributed by atoms with Gasteiger partial charge in [-0.25, -0.2) is 4.98 Å². The molecule has 1 amide bonds. The lowest BCUT2D eigenvalue weighted by Crippen LogP contribution is -2.51. The predicted octanol–water partition coefficient (Wildman–Crippen LogP) is 3.78. The summed E-state index contributed by atoms with van der Waals surface area (Å²) >= 11 is 0. The van der Waals surface area contributed by atoms with Crippen molar-refractivity contribution >= 4 is 33.3 Å². The summed E-state index contributed by atoms with van der Waals surface area (Å²) in [4.78, 5) is 25.0. The van der Waals surface area contributed by atoms with E-state index in [-0.39, 0.29) is 23.3 Å². The Balaban J connectivity index is 1.73. The Morgan fingerprint density at radius 3 is 2.46 bits per heavy atom. The largest absolute Gasteiger partial charge is 0.534 e. The van der Waals surface area contributed by atoms with Crippen LogP contribution < -0.4 is 19.3 Å². The van der Waals surface area contributed by atoms with Crippen molar-refractivity contribution in [2.75, 3.05) is 41.4 Å². The van der Waals surface area contributed by atoms with Crippen LogP contribution >= 0.6 is 0 Å². The monoisotopic (exact) mass is 569 g/mol. The zero-order chi connectivity index (χ0) is 28.1. The molecule has 1 N–H and O–H groups in total. The fourth-order valence-electron chi connectivity index (χ4n) is 5.46. The topological polar surface area (TPSA) is 114 Å². The fourth-order valence-corrected chi connectivity index (χ4v) is 5.88. The van der Waals surface area contributed by atoms with E-state index in [9.17, 15) is 26.4 Å². The average Bonchev–Trinajstić information content (AvgIpc) is 3.70. The molecule has 2 aromatic rings. The molecule has 212 valence electrons. The zero-order valence-electron chi connectivity index (χ0n) is 21.7. The molecule has 1 saturated carbocycles. The van der Waals surface area contributed by atoms with Crippen LogP contribution in [0.25, 0.3) is 0 Å².